The number of hydrogen-bond donors (Lipinski definition) is 1. The van der Waals surface area contributed by atoms with E-state index in [1.807, 2.05) is 18.7 Å². The Kier molecular flexibility index (Phi) is 7.60. The number of nitrogens with two attached hydrogens (primary N) is 1. The summed E-state index contributed by atoms with van der Waals surface area (Å²) >= 11 is 0. The lowest BCUT2D eigenvalue weighted by Crippen LogP contribution is -2.52. The predicted octanol–water partition coefficient (Wildman–Crippen LogP) is 1.80. The Balaban J connectivity index is 0.00000162. The Morgan fingerprint density at radius 3 is 2.11 bits per heavy atom. The third kappa shape index (κ3) is 4.77. The average molecular weight is 271 g/mol. The molecule has 2 N–H and O–H groups in total. The second kappa shape index (κ2) is 7.85. The summed E-state index contributed by atoms with van der Waals surface area (Å²) in [6.07, 6.45) is 2.37. The summed E-state index contributed by atoms with van der Waals surface area (Å²) < 4.78 is 0. The van der Waals surface area contributed by atoms with Crippen molar-refractivity contribution in [3.63, 3.8) is 0 Å². The highest BCUT2D eigenvalue weighted by Crippen LogP contribution is 2.26. The van der Waals surface area contributed by atoms with Crippen LogP contribution in [0.25, 0.3) is 0 Å². The molecule has 2 fully saturated rings. The van der Waals surface area contributed by atoms with E-state index in [9.17, 15) is 4.79 Å². The highest BCUT2D eigenvalue weighted by atomic mass is 16.2. The molecule has 0 atom stereocenters. The van der Waals surface area contributed by atoms with E-state index >= 15 is 0 Å². The van der Waals surface area contributed by atoms with E-state index < -0.39 is 0 Å². The summed E-state index contributed by atoms with van der Waals surface area (Å²) in [4.78, 5) is 16.3. The lowest BCUT2D eigenvalue weighted by Gasteiger charge is -2.40. The van der Waals surface area contributed by atoms with Gasteiger partial charge in [0.15, 0.2) is 0 Å². The fourth-order valence-corrected chi connectivity index (χ4v) is 2.82. The van der Waals surface area contributed by atoms with Crippen LogP contribution in [0.4, 0.5) is 0 Å². The third-order valence-electron chi connectivity index (χ3n) is 3.97. The zero-order chi connectivity index (χ0) is 12.4. The van der Waals surface area contributed by atoms with Gasteiger partial charge >= 0.3 is 0 Å². The molecular weight excluding hydrogens is 238 g/mol. The summed E-state index contributed by atoms with van der Waals surface area (Å²) in [5.74, 6) is 1.24. The molecule has 0 bridgehead atoms. The lowest BCUT2D eigenvalue weighted by molar-refractivity contribution is -0.136. The maximum absolute atomic E-state index is 11.8. The summed E-state index contributed by atoms with van der Waals surface area (Å²) in [7, 11) is 0. The van der Waals surface area contributed by atoms with Crippen molar-refractivity contribution >= 4 is 5.91 Å². The highest BCUT2D eigenvalue weighted by molar-refractivity contribution is 5.78. The minimum Gasteiger partial charge on any atom is -0.340 e. The van der Waals surface area contributed by atoms with Crippen LogP contribution in [0.3, 0.4) is 0 Å². The van der Waals surface area contributed by atoms with Gasteiger partial charge in [-0.25, -0.2) is 0 Å². The van der Waals surface area contributed by atoms with Crippen LogP contribution in [0.1, 0.15) is 41.5 Å². The normalized spacial score (nSPS) is 27.3. The fourth-order valence-electron chi connectivity index (χ4n) is 2.82. The van der Waals surface area contributed by atoms with Crippen LogP contribution >= 0.6 is 0 Å². The molecule has 1 aliphatic heterocycles. The number of carbonyl (C=O) groups excluding carboxylic acids is 1. The topological polar surface area (TPSA) is 49.6 Å². The van der Waals surface area contributed by atoms with E-state index in [1.54, 1.807) is 0 Å². The number of rotatable bonds is 3. The minimum absolute atomic E-state index is 0. The zero-order valence-corrected chi connectivity index (χ0v) is 11.1. The van der Waals surface area contributed by atoms with Crippen LogP contribution in [0.5, 0.6) is 0 Å². The van der Waals surface area contributed by atoms with Gasteiger partial charge in [0, 0.05) is 44.7 Å². The molecule has 1 saturated heterocycles. The second-order valence-electron chi connectivity index (χ2n) is 5.88. The molecule has 4 nitrogen and oxygen atoms in total. The van der Waals surface area contributed by atoms with Gasteiger partial charge in [-0.2, -0.15) is 0 Å². The van der Waals surface area contributed by atoms with E-state index in [4.69, 9.17) is 5.73 Å². The summed E-state index contributed by atoms with van der Waals surface area (Å²) in [5.41, 5.74) is 5.80. The molecule has 0 radical (unpaired) electrons. The van der Waals surface area contributed by atoms with Gasteiger partial charge in [-0.3, -0.25) is 9.69 Å². The van der Waals surface area contributed by atoms with Crippen molar-refractivity contribution in [2.45, 2.75) is 47.6 Å². The Morgan fingerprint density at radius 2 is 1.68 bits per heavy atom. The van der Waals surface area contributed by atoms with Gasteiger partial charge in [0.25, 0.3) is 0 Å². The quantitative estimate of drug-likeness (QED) is 0.851. The molecule has 2 rings (SSSR count). The maximum atomic E-state index is 11.8. The molecule has 2 aliphatic rings. The van der Waals surface area contributed by atoms with Crippen LogP contribution in [0.2, 0.25) is 0 Å². The first-order valence-corrected chi connectivity index (χ1v) is 6.83. The average Bonchev–Trinajstić information content (AvgIpc) is 2.27. The zero-order valence-electron chi connectivity index (χ0n) is 11.1. The monoisotopic (exact) mass is 271 g/mol. The molecular formula is C15H33N3O. The van der Waals surface area contributed by atoms with Gasteiger partial charge in [-0.05, 0) is 18.8 Å². The number of nitrogens with zero attached hydrogens (tertiary/aromatic N) is 2. The Hall–Kier alpha value is -0.610. The van der Waals surface area contributed by atoms with Crippen LogP contribution in [-0.4, -0.2) is 54.5 Å². The predicted molar refractivity (Wildman–Crippen MR) is 82.0 cm³/mol. The molecule has 0 aromatic carbocycles. The maximum Gasteiger partial charge on any atom is 0.225 e. The molecule has 1 amide bonds. The van der Waals surface area contributed by atoms with E-state index in [2.05, 4.69) is 4.90 Å². The highest BCUT2D eigenvalue weighted by Gasteiger charge is 2.29. The van der Waals surface area contributed by atoms with E-state index in [-0.39, 0.29) is 20.8 Å². The first-order valence-electron chi connectivity index (χ1n) is 6.83. The third-order valence-corrected chi connectivity index (χ3v) is 3.97. The number of amides is 1. The first-order chi connectivity index (χ1) is 8.06. The van der Waals surface area contributed by atoms with E-state index in [1.165, 1.54) is 19.4 Å². The molecule has 1 aliphatic carbocycles. The molecule has 0 aromatic rings. The molecule has 0 aromatic heterocycles. The largest absolute Gasteiger partial charge is 0.340 e. The first kappa shape index (κ1) is 18.4. The van der Waals surface area contributed by atoms with E-state index in [0.29, 0.717) is 11.9 Å². The van der Waals surface area contributed by atoms with Gasteiger partial charge < -0.3 is 10.6 Å². The molecule has 0 unspecified atom stereocenters. The van der Waals surface area contributed by atoms with Crippen molar-refractivity contribution in [3.8, 4) is 0 Å². The summed E-state index contributed by atoms with van der Waals surface area (Å²) in [6, 6.07) is 0.448. The van der Waals surface area contributed by atoms with Gasteiger partial charge in [0.1, 0.15) is 0 Å². The number of piperazine rings is 1. The molecule has 1 heterocycles. The van der Waals surface area contributed by atoms with Gasteiger partial charge in [-0.1, -0.05) is 28.7 Å². The number of hydrogen-bond acceptors (Lipinski definition) is 3. The van der Waals surface area contributed by atoms with Crippen molar-refractivity contribution in [3.05, 3.63) is 0 Å². The standard InChI is InChI=1S/C13H25N3O.2CH4/c1-10(2)13(17)16-5-3-15(4-6-16)9-11-7-12(14)8-11;;/h10-12H,3-9,14H2,1-2H3;2*1H4. The Bertz CT molecular complexity index is 267. The summed E-state index contributed by atoms with van der Waals surface area (Å²) in [5, 5.41) is 0. The molecule has 0 spiro atoms. The van der Waals surface area contributed by atoms with Crippen LogP contribution < -0.4 is 5.73 Å². The molecule has 114 valence electrons. The van der Waals surface area contributed by atoms with Gasteiger partial charge in [0.05, 0.1) is 0 Å². The molecule has 19 heavy (non-hydrogen) atoms. The van der Waals surface area contributed by atoms with Crippen molar-refractivity contribution in [1.82, 2.24) is 9.80 Å². The van der Waals surface area contributed by atoms with Crippen molar-refractivity contribution in [1.29, 1.82) is 0 Å². The van der Waals surface area contributed by atoms with Gasteiger partial charge in [0.2, 0.25) is 5.91 Å². The fraction of sp³-hybridized carbons (Fsp3) is 0.933. The van der Waals surface area contributed by atoms with Gasteiger partial charge in [-0.15, -0.1) is 0 Å². The van der Waals surface area contributed by atoms with Crippen molar-refractivity contribution in [2.24, 2.45) is 17.6 Å². The van der Waals surface area contributed by atoms with Crippen LogP contribution in [0, 0.1) is 11.8 Å². The summed E-state index contributed by atoms with van der Waals surface area (Å²) in [6.45, 7) is 8.99. The van der Waals surface area contributed by atoms with E-state index in [0.717, 1.165) is 32.1 Å². The smallest absolute Gasteiger partial charge is 0.225 e. The molecule has 1 saturated carbocycles. The van der Waals surface area contributed by atoms with Crippen molar-refractivity contribution < 1.29 is 4.79 Å². The lowest BCUT2D eigenvalue weighted by atomic mass is 9.80. The Labute approximate surface area is 119 Å². The van der Waals surface area contributed by atoms with Crippen molar-refractivity contribution in [2.75, 3.05) is 32.7 Å². The Morgan fingerprint density at radius 1 is 1.16 bits per heavy atom. The SMILES string of the molecule is C.C.CC(C)C(=O)N1CCN(CC2CC(N)C2)CC1. The second-order valence-corrected chi connectivity index (χ2v) is 5.88. The van der Waals surface area contributed by atoms with Crippen LogP contribution in [0.15, 0.2) is 0 Å². The molecule has 4 heteroatoms. The minimum atomic E-state index is 0. The number of carbonyl (C=O) groups is 1. The van der Waals surface area contributed by atoms with Crippen LogP contribution in [-0.2, 0) is 4.79 Å².